The lowest BCUT2D eigenvalue weighted by molar-refractivity contribution is -0.110. The van der Waals surface area contributed by atoms with Crippen LogP contribution in [-0.4, -0.2) is 10.6 Å². The van der Waals surface area contributed by atoms with E-state index in [4.69, 9.17) is 0 Å². The molecular weight excluding hydrogens is 308 g/mol. The van der Waals surface area contributed by atoms with Crippen molar-refractivity contribution in [3.05, 3.63) is 22.7 Å². The van der Waals surface area contributed by atoms with Crippen LogP contribution in [0.1, 0.15) is 19.3 Å². The van der Waals surface area contributed by atoms with Crippen molar-refractivity contribution in [3.63, 3.8) is 0 Å². The summed E-state index contributed by atoms with van der Waals surface area (Å²) >= 11 is 6.93. The maximum atomic E-state index is 10.9. The largest absolute Gasteiger partial charge is 0.302 e. The van der Waals surface area contributed by atoms with Crippen LogP contribution in [0, 0.1) is 11.8 Å². The number of halogens is 2. The van der Waals surface area contributed by atoms with E-state index in [-0.39, 0.29) is 4.32 Å². The fourth-order valence-electron chi connectivity index (χ4n) is 2.56. The van der Waals surface area contributed by atoms with Gasteiger partial charge in [-0.1, -0.05) is 50.1 Å². The number of allylic oxidation sites excluding steroid dienone is 3. The third-order valence-electron chi connectivity index (χ3n) is 3.25. The van der Waals surface area contributed by atoms with Crippen molar-refractivity contribution in [2.24, 2.45) is 11.8 Å². The van der Waals surface area contributed by atoms with Crippen molar-refractivity contribution in [3.8, 4) is 0 Å². The van der Waals surface area contributed by atoms with Gasteiger partial charge in [0.1, 0.15) is 6.29 Å². The summed E-state index contributed by atoms with van der Waals surface area (Å²) in [6, 6.07) is 0. The first-order valence-corrected chi connectivity index (χ1v) is 6.33. The highest BCUT2D eigenvalue weighted by atomic mass is 79.9. The first kappa shape index (κ1) is 10.6. The molecule has 0 saturated heterocycles. The Balaban J connectivity index is 2.16. The maximum absolute atomic E-state index is 10.9. The van der Waals surface area contributed by atoms with Crippen LogP contribution in [0.2, 0.25) is 0 Å². The zero-order chi connectivity index (χ0) is 10.3. The monoisotopic (exact) mass is 318 g/mol. The minimum absolute atomic E-state index is 0.269. The molecule has 0 spiro atoms. The number of hydrogen-bond acceptors (Lipinski definition) is 1. The quantitative estimate of drug-likeness (QED) is 0.441. The van der Waals surface area contributed by atoms with Crippen LogP contribution < -0.4 is 0 Å². The molecule has 0 aliphatic heterocycles. The minimum Gasteiger partial charge on any atom is -0.302 e. The average Bonchev–Trinajstić information content (AvgIpc) is 2.61. The fourth-order valence-corrected chi connectivity index (χ4v) is 3.59. The number of fused-ring (bicyclic) bond motifs is 2. The predicted molar refractivity (Wildman–Crippen MR) is 64.7 cm³/mol. The molecule has 0 N–H and O–H groups in total. The molecule has 0 aromatic rings. The van der Waals surface area contributed by atoms with Gasteiger partial charge in [-0.3, -0.25) is 0 Å². The second-order valence-corrected chi connectivity index (χ2v) is 6.82. The molecule has 76 valence electrons. The van der Waals surface area contributed by atoms with Crippen LogP contribution in [0.5, 0.6) is 0 Å². The van der Waals surface area contributed by atoms with Crippen LogP contribution in [-0.2, 0) is 4.79 Å². The second kappa shape index (κ2) is 3.60. The Labute approximate surface area is 101 Å². The molecule has 1 saturated carbocycles. The number of hydrogen-bond donors (Lipinski definition) is 0. The van der Waals surface area contributed by atoms with Gasteiger partial charge in [-0.15, -0.1) is 0 Å². The van der Waals surface area contributed by atoms with Gasteiger partial charge in [-0.25, -0.2) is 0 Å². The van der Waals surface area contributed by atoms with Gasteiger partial charge >= 0.3 is 0 Å². The molecule has 1 fully saturated rings. The normalized spacial score (nSPS) is 39.7. The third kappa shape index (κ3) is 1.65. The average molecular weight is 320 g/mol. The lowest BCUT2D eigenvalue weighted by atomic mass is 9.89. The lowest BCUT2D eigenvalue weighted by Gasteiger charge is -2.24. The highest BCUT2D eigenvalue weighted by Crippen LogP contribution is 2.54. The van der Waals surface area contributed by atoms with Gasteiger partial charge in [-0.05, 0) is 35.6 Å². The molecule has 2 bridgehead atoms. The first-order chi connectivity index (χ1) is 6.55. The molecule has 2 rings (SSSR count). The SMILES string of the molecule is C=C(Br)CC1=CC2CC1CC2(Br)C=O. The summed E-state index contributed by atoms with van der Waals surface area (Å²) in [4.78, 5) is 10.9. The van der Waals surface area contributed by atoms with Gasteiger partial charge < -0.3 is 4.79 Å². The zero-order valence-corrected chi connectivity index (χ0v) is 11.0. The van der Waals surface area contributed by atoms with Gasteiger partial charge in [0.2, 0.25) is 0 Å². The number of rotatable bonds is 3. The van der Waals surface area contributed by atoms with E-state index in [0.717, 1.165) is 30.0 Å². The lowest BCUT2D eigenvalue weighted by Crippen LogP contribution is -2.28. The minimum atomic E-state index is -0.269. The Hall–Kier alpha value is 0.110. The molecule has 0 aromatic heterocycles. The van der Waals surface area contributed by atoms with Crippen LogP contribution in [0.15, 0.2) is 22.7 Å². The van der Waals surface area contributed by atoms with Crippen molar-refractivity contribution in [2.45, 2.75) is 23.6 Å². The first-order valence-electron chi connectivity index (χ1n) is 4.74. The molecule has 2 aliphatic carbocycles. The summed E-state index contributed by atoms with van der Waals surface area (Å²) in [5.74, 6) is 0.978. The molecule has 0 aromatic carbocycles. The Morgan fingerprint density at radius 3 is 2.93 bits per heavy atom. The van der Waals surface area contributed by atoms with Gasteiger partial charge in [0, 0.05) is 0 Å². The Morgan fingerprint density at radius 1 is 1.79 bits per heavy atom. The molecule has 1 nitrogen and oxygen atoms in total. The van der Waals surface area contributed by atoms with Gasteiger partial charge in [0.05, 0.1) is 4.32 Å². The summed E-state index contributed by atoms with van der Waals surface area (Å²) in [7, 11) is 0. The number of carbonyl (C=O) groups is 1. The molecule has 0 radical (unpaired) electrons. The molecule has 2 aliphatic rings. The maximum Gasteiger partial charge on any atom is 0.137 e. The van der Waals surface area contributed by atoms with Crippen LogP contribution in [0.25, 0.3) is 0 Å². The summed E-state index contributed by atoms with van der Waals surface area (Å²) < 4.78 is 0.761. The van der Waals surface area contributed by atoms with Crippen LogP contribution in [0.3, 0.4) is 0 Å². The zero-order valence-electron chi connectivity index (χ0n) is 7.80. The van der Waals surface area contributed by atoms with E-state index in [0.29, 0.717) is 11.8 Å². The number of aldehydes is 1. The van der Waals surface area contributed by atoms with Crippen molar-refractivity contribution in [1.82, 2.24) is 0 Å². The Morgan fingerprint density at radius 2 is 2.50 bits per heavy atom. The van der Waals surface area contributed by atoms with E-state index >= 15 is 0 Å². The molecular formula is C11H12Br2O. The number of carbonyl (C=O) groups excluding carboxylic acids is 1. The molecule has 0 amide bonds. The standard InChI is InChI=1S/C11H12Br2O/c1-7(12)2-8-3-10-4-9(8)5-11(10,13)6-14/h3,6,9-10H,1-2,4-5H2. The Bertz CT molecular complexity index is 321. The third-order valence-corrected chi connectivity index (χ3v) is 4.62. The molecule has 14 heavy (non-hydrogen) atoms. The van der Waals surface area contributed by atoms with Crippen molar-refractivity contribution in [2.75, 3.05) is 0 Å². The highest BCUT2D eigenvalue weighted by Gasteiger charge is 2.49. The summed E-state index contributed by atoms with van der Waals surface area (Å²) in [5.41, 5.74) is 1.45. The second-order valence-electron chi connectivity index (χ2n) is 4.22. The summed E-state index contributed by atoms with van der Waals surface area (Å²) in [6.07, 6.45) is 6.33. The van der Waals surface area contributed by atoms with Gasteiger partial charge in [0.25, 0.3) is 0 Å². The van der Waals surface area contributed by atoms with E-state index in [1.165, 1.54) is 5.57 Å². The Kier molecular flexibility index (Phi) is 2.73. The summed E-state index contributed by atoms with van der Waals surface area (Å²) in [5, 5.41) is 0. The van der Waals surface area contributed by atoms with Crippen molar-refractivity contribution in [1.29, 1.82) is 0 Å². The number of alkyl halides is 1. The van der Waals surface area contributed by atoms with Crippen LogP contribution in [0.4, 0.5) is 0 Å². The van der Waals surface area contributed by atoms with Crippen molar-refractivity contribution < 1.29 is 4.79 Å². The van der Waals surface area contributed by atoms with E-state index in [1.54, 1.807) is 0 Å². The van der Waals surface area contributed by atoms with E-state index in [2.05, 4.69) is 44.5 Å². The van der Waals surface area contributed by atoms with Crippen molar-refractivity contribution >= 4 is 38.1 Å². The molecule has 3 unspecified atom stereocenters. The van der Waals surface area contributed by atoms with Gasteiger partial charge in [0.15, 0.2) is 0 Å². The smallest absolute Gasteiger partial charge is 0.137 e. The molecule has 3 atom stereocenters. The molecule has 0 heterocycles. The predicted octanol–water partition coefficient (Wildman–Crippen LogP) is 3.58. The van der Waals surface area contributed by atoms with E-state index in [1.807, 2.05) is 0 Å². The van der Waals surface area contributed by atoms with E-state index < -0.39 is 0 Å². The van der Waals surface area contributed by atoms with Crippen LogP contribution >= 0.6 is 31.9 Å². The van der Waals surface area contributed by atoms with E-state index in [9.17, 15) is 4.79 Å². The summed E-state index contributed by atoms with van der Waals surface area (Å²) in [6.45, 7) is 3.85. The fraction of sp³-hybridized carbons (Fsp3) is 0.545. The van der Waals surface area contributed by atoms with Gasteiger partial charge in [-0.2, -0.15) is 0 Å². The topological polar surface area (TPSA) is 17.1 Å². The molecule has 3 heteroatoms. The highest BCUT2D eigenvalue weighted by molar-refractivity contribution is 9.11.